The molecule has 0 unspecified atom stereocenters. The maximum atomic E-state index is 11.8. The molecule has 2 rings (SSSR count). The fraction of sp³-hybridized carbons (Fsp3) is 0.154. The summed E-state index contributed by atoms with van der Waals surface area (Å²) in [6, 6.07) is 6.88. The van der Waals surface area contributed by atoms with Crippen molar-refractivity contribution in [3.05, 3.63) is 57.0 Å². The number of hydrogen-bond donors (Lipinski definition) is 1. The summed E-state index contributed by atoms with van der Waals surface area (Å²) in [7, 11) is 0. The summed E-state index contributed by atoms with van der Waals surface area (Å²) < 4.78 is 1.33. The molecule has 6 heteroatoms. The third kappa shape index (κ3) is 2.51. The Morgan fingerprint density at radius 2 is 2.11 bits per heavy atom. The minimum Gasteiger partial charge on any atom is -0.476 e. The van der Waals surface area contributed by atoms with E-state index >= 15 is 0 Å². The molecule has 1 heterocycles. The molecule has 5 nitrogen and oxygen atoms in total. The molecule has 19 heavy (non-hydrogen) atoms. The molecular formula is C13H11ClN2O3. The average molecular weight is 279 g/mol. The lowest BCUT2D eigenvalue weighted by molar-refractivity contribution is 0.0686. The van der Waals surface area contributed by atoms with Crippen molar-refractivity contribution in [3.8, 4) is 5.69 Å². The van der Waals surface area contributed by atoms with Gasteiger partial charge in [-0.2, -0.15) is 5.10 Å². The Morgan fingerprint density at radius 1 is 1.42 bits per heavy atom. The molecular weight excluding hydrogens is 268 g/mol. The zero-order chi connectivity index (χ0) is 14.0. The lowest BCUT2D eigenvalue weighted by Crippen LogP contribution is -2.24. The summed E-state index contributed by atoms with van der Waals surface area (Å²) in [6.07, 6.45) is 1.93. The van der Waals surface area contributed by atoms with E-state index < -0.39 is 17.1 Å². The summed E-state index contributed by atoms with van der Waals surface area (Å²) in [5.41, 5.74) is -0.147. The first kappa shape index (κ1) is 13.3. The second kappa shape index (κ2) is 5.24. The predicted octanol–water partition coefficient (Wildman–Crippen LogP) is 2.15. The van der Waals surface area contributed by atoms with Crippen molar-refractivity contribution in [2.45, 2.75) is 13.3 Å². The normalized spacial score (nSPS) is 10.4. The van der Waals surface area contributed by atoms with Gasteiger partial charge in [-0.05, 0) is 18.6 Å². The first-order valence-electron chi connectivity index (χ1n) is 5.65. The highest BCUT2D eigenvalue weighted by Gasteiger charge is 2.16. The summed E-state index contributed by atoms with van der Waals surface area (Å²) >= 11 is 6.04. The Bertz CT molecular complexity index is 695. The van der Waals surface area contributed by atoms with E-state index in [4.69, 9.17) is 16.7 Å². The molecule has 0 amide bonds. The van der Waals surface area contributed by atoms with Crippen LogP contribution in [-0.2, 0) is 6.42 Å². The molecule has 1 N–H and O–H groups in total. The number of carboxylic acids is 1. The maximum Gasteiger partial charge on any atom is 0.360 e. The van der Waals surface area contributed by atoms with Gasteiger partial charge in [0.15, 0.2) is 0 Å². The maximum absolute atomic E-state index is 11.8. The molecule has 0 atom stereocenters. The molecule has 0 aliphatic heterocycles. The molecule has 98 valence electrons. The lowest BCUT2D eigenvalue weighted by atomic mass is 10.2. The monoisotopic (exact) mass is 278 g/mol. The van der Waals surface area contributed by atoms with Crippen LogP contribution in [0, 0.1) is 0 Å². The number of hydrogen-bond acceptors (Lipinski definition) is 3. The average Bonchev–Trinajstić information content (AvgIpc) is 2.39. The van der Waals surface area contributed by atoms with Crippen molar-refractivity contribution in [1.82, 2.24) is 9.78 Å². The fourth-order valence-electron chi connectivity index (χ4n) is 1.69. The van der Waals surface area contributed by atoms with Crippen LogP contribution in [0.4, 0.5) is 0 Å². The summed E-state index contributed by atoms with van der Waals surface area (Å²) in [5, 5.41) is 13.3. The van der Waals surface area contributed by atoms with Crippen molar-refractivity contribution >= 4 is 17.6 Å². The second-order valence-corrected chi connectivity index (χ2v) is 4.29. The zero-order valence-corrected chi connectivity index (χ0v) is 10.9. The van der Waals surface area contributed by atoms with Gasteiger partial charge in [0.1, 0.15) is 0 Å². The number of nitrogens with zero attached hydrogens (tertiary/aromatic N) is 2. The quantitative estimate of drug-likeness (QED) is 0.934. The largest absolute Gasteiger partial charge is 0.476 e. The Labute approximate surface area is 114 Å². The first-order valence-corrected chi connectivity index (χ1v) is 6.03. The van der Waals surface area contributed by atoms with Crippen LogP contribution >= 0.6 is 11.6 Å². The highest BCUT2D eigenvalue weighted by atomic mass is 35.5. The molecule has 0 saturated carbocycles. The molecule has 1 aromatic carbocycles. The number of halogens is 1. The van der Waals surface area contributed by atoms with Crippen LogP contribution in [0.25, 0.3) is 5.69 Å². The van der Waals surface area contributed by atoms with Crippen LogP contribution in [0.5, 0.6) is 0 Å². The first-order chi connectivity index (χ1) is 9.04. The second-order valence-electron chi connectivity index (χ2n) is 3.89. The van der Waals surface area contributed by atoms with Gasteiger partial charge in [0.2, 0.25) is 11.1 Å². The third-order valence-corrected chi connectivity index (χ3v) is 2.99. The SMILES string of the molecule is CCc1cn(-c2ccccc2Cl)nc(C(=O)O)c1=O. The number of rotatable bonds is 3. The molecule has 0 aliphatic rings. The predicted molar refractivity (Wildman–Crippen MR) is 71.2 cm³/mol. The van der Waals surface area contributed by atoms with E-state index in [2.05, 4.69) is 5.10 Å². The van der Waals surface area contributed by atoms with E-state index in [1.165, 1.54) is 10.9 Å². The van der Waals surface area contributed by atoms with Crippen molar-refractivity contribution in [2.75, 3.05) is 0 Å². The van der Waals surface area contributed by atoms with Crippen LogP contribution in [-0.4, -0.2) is 20.9 Å². The van der Waals surface area contributed by atoms with Gasteiger partial charge in [0.05, 0.1) is 10.7 Å². The summed E-state index contributed by atoms with van der Waals surface area (Å²) in [5.74, 6) is -1.35. The van der Waals surface area contributed by atoms with Crippen molar-refractivity contribution in [2.24, 2.45) is 0 Å². The topological polar surface area (TPSA) is 72.2 Å². The Morgan fingerprint density at radius 3 is 2.68 bits per heavy atom. The number of para-hydroxylation sites is 1. The highest BCUT2D eigenvalue weighted by molar-refractivity contribution is 6.32. The standard InChI is InChI=1S/C13H11ClN2O3/c1-2-8-7-16(10-6-4-3-5-9(10)14)15-11(12(8)17)13(18)19/h3-7H,2H2,1H3,(H,18,19). The van der Waals surface area contributed by atoms with Gasteiger partial charge in [-0.1, -0.05) is 30.7 Å². The Hall–Kier alpha value is -2.14. The molecule has 0 saturated heterocycles. The van der Waals surface area contributed by atoms with Crippen LogP contribution in [0.2, 0.25) is 5.02 Å². The van der Waals surface area contributed by atoms with Gasteiger partial charge >= 0.3 is 5.97 Å². The van der Waals surface area contributed by atoms with E-state index in [0.717, 1.165) is 0 Å². The Kier molecular flexibility index (Phi) is 3.66. The van der Waals surface area contributed by atoms with E-state index in [0.29, 0.717) is 22.7 Å². The minimum atomic E-state index is -1.35. The third-order valence-electron chi connectivity index (χ3n) is 2.68. The van der Waals surface area contributed by atoms with Gasteiger partial charge in [-0.15, -0.1) is 0 Å². The van der Waals surface area contributed by atoms with E-state index in [9.17, 15) is 9.59 Å². The van der Waals surface area contributed by atoms with Gasteiger partial charge in [0.25, 0.3) is 0 Å². The minimum absolute atomic E-state index is 0.382. The summed E-state index contributed by atoms with van der Waals surface area (Å²) in [6.45, 7) is 1.78. The molecule has 0 fully saturated rings. The van der Waals surface area contributed by atoms with E-state index in [1.54, 1.807) is 31.2 Å². The summed E-state index contributed by atoms with van der Waals surface area (Å²) in [4.78, 5) is 22.9. The molecule has 2 aromatic rings. The zero-order valence-electron chi connectivity index (χ0n) is 10.1. The number of aromatic nitrogens is 2. The Balaban J connectivity index is 2.72. The van der Waals surface area contributed by atoms with Gasteiger partial charge < -0.3 is 5.11 Å². The van der Waals surface area contributed by atoms with Gasteiger partial charge in [0, 0.05) is 11.8 Å². The molecule has 0 aliphatic carbocycles. The molecule has 1 aromatic heterocycles. The van der Waals surface area contributed by atoms with Crippen molar-refractivity contribution < 1.29 is 9.90 Å². The van der Waals surface area contributed by atoms with Crippen molar-refractivity contribution in [3.63, 3.8) is 0 Å². The molecule has 0 bridgehead atoms. The fourth-order valence-corrected chi connectivity index (χ4v) is 1.92. The van der Waals surface area contributed by atoms with Crippen LogP contribution in [0.15, 0.2) is 35.3 Å². The smallest absolute Gasteiger partial charge is 0.360 e. The van der Waals surface area contributed by atoms with E-state index in [-0.39, 0.29) is 0 Å². The number of carboxylic acid groups (broad SMARTS) is 1. The number of carbonyl (C=O) groups is 1. The molecule has 0 spiro atoms. The van der Waals surface area contributed by atoms with E-state index in [1.807, 2.05) is 0 Å². The van der Waals surface area contributed by atoms with Crippen LogP contribution in [0.3, 0.4) is 0 Å². The molecule has 0 radical (unpaired) electrons. The number of benzene rings is 1. The van der Waals surface area contributed by atoms with Crippen LogP contribution < -0.4 is 5.43 Å². The number of aromatic carboxylic acids is 1. The highest BCUT2D eigenvalue weighted by Crippen LogP contribution is 2.18. The lowest BCUT2D eigenvalue weighted by Gasteiger charge is -2.09. The van der Waals surface area contributed by atoms with Gasteiger partial charge in [-0.3, -0.25) is 4.79 Å². The number of aryl methyl sites for hydroxylation is 1. The van der Waals surface area contributed by atoms with Gasteiger partial charge in [-0.25, -0.2) is 9.48 Å². The van der Waals surface area contributed by atoms with Crippen molar-refractivity contribution in [1.29, 1.82) is 0 Å². The van der Waals surface area contributed by atoms with Crippen LogP contribution in [0.1, 0.15) is 23.0 Å².